The quantitative estimate of drug-likeness (QED) is 0.453. The fourth-order valence-corrected chi connectivity index (χ4v) is 5.11. The number of fused-ring (bicyclic) bond motifs is 5. The van der Waals surface area contributed by atoms with Crippen molar-refractivity contribution in [1.82, 2.24) is 20.1 Å². The average Bonchev–Trinajstić information content (AvgIpc) is 3.24. The number of carboxylic acids is 1. The van der Waals surface area contributed by atoms with Gasteiger partial charge < -0.3 is 25.4 Å². The van der Waals surface area contributed by atoms with E-state index in [4.69, 9.17) is 0 Å². The van der Waals surface area contributed by atoms with Gasteiger partial charge in [0.15, 0.2) is 11.6 Å². The fraction of sp³-hybridized carbons (Fsp3) is 0.500. The summed E-state index contributed by atoms with van der Waals surface area (Å²) < 4.78 is 0. The highest BCUT2D eigenvalue weighted by atomic mass is 16.4. The number of hydrogen-bond acceptors (Lipinski definition) is 5. The highest BCUT2D eigenvalue weighted by molar-refractivity contribution is 6.11. The van der Waals surface area contributed by atoms with Crippen molar-refractivity contribution in [3.8, 4) is 0 Å². The Morgan fingerprint density at radius 1 is 1.21 bits per heavy atom. The van der Waals surface area contributed by atoms with Crippen molar-refractivity contribution in [2.24, 2.45) is 5.92 Å². The molecule has 3 heterocycles. The van der Waals surface area contributed by atoms with Crippen LogP contribution < -0.4 is 5.32 Å². The lowest BCUT2D eigenvalue weighted by Crippen LogP contribution is -2.56. The van der Waals surface area contributed by atoms with Crippen molar-refractivity contribution in [2.45, 2.75) is 64.3 Å². The first-order valence-corrected chi connectivity index (χ1v) is 11.4. The number of hydrogen-bond donors (Lipinski definition) is 4. The number of imide groups is 1. The number of carbonyl (C=O) groups excluding carboxylic acids is 3. The minimum atomic E-state index is -1.56. The molecule has 0 spiro atoms. The Morgan fingerprint density at radius 3 is 2.50 bits per heavy atom. The predicted octanol–water partition coefficient (Wildman–Crippen LogP) is 1.57. The van der Waals surface area contributed by atoms with E-state index < -0.39 is 47.5 Å². The Balaban J connectivity index is 1.74. The van der Waals surface area contributed by atoms with Crippen molar-refractivity contribution < 1.29 is 29.4 Å². The Hall–Kier alpha value is -3.40. The molecular weight excluding hydrogens is 440 g/mol. The molecule has 4 rings (SSSR count). The summed E-state index contributed by atoms with van der Waals surface area (Å²) in [6.45, 7) is 6.94. The molecule has 2 aromatic rings. The second-order valence-electron chi connectivity index (χ2n) is 9.67. The number of urea groups is 1. The molecule has 0 radical (unpaired) electrons. The van der Waals surface area contributed by atoms with Gasteiger partial charge in [-0.05, 0) is 44.2 Å². The standard InChI is InChI=1S/C24H30N4O6/c1-12(2)11-17(20(30)26-18(13(3)29)21(31)32)28-22(33)24(4)19-15(9-10-27(24)23(28)34)14-7-5-6-8-16(14)25-19/h5-8,12-13,17-18,25,29H,9-11H2,1-4H3,(H,26,30)(H,31,32)/t13?,17-,18-,24-/m0/s1. The number of aliphatic hydroxyl groups excluding tert-OH is 1. The van der Waals surface area contributed by atoms with E-state index in [1.54, 1.807) is 6.92 Å². The van der Waals surface area contributed by atoms with Crippen molar-refractivity contribution in [1.29, 1.82) is 0 Å². The number of aliphatic hydroxyl groups is 1. The lowest BCUT2D eigenvalue weighted by molar-refractivity contribution is -0.146. The molecule has 1 aromatic carbocycles. The van der Waals surface area contributed by atoms with Crippen LogP contribution >= 0.6 is 0 Å². The van der Waals surface area contributed by atoms with E-state index in [9.17, 15) is 29.4 Å². The van der Waals surface area contributed by atoms with E-state index >= 15 is 0 Å². The van der Waals surface area contributed by atoms with Crippen LogP contribution in [-0.2, 0) is 26.3 Å². The van der Waals surface area contributed by atoms with Gasteiger partial charge >= 0.3 is 12.0 Å². The maximum atomic E-state index is 13.9. The van der Waals surface area contributed by atoms with Gasteiger partial charge in [-0.15, -0.1) is 0 Å². The third-order valence-electron chi connectivity index (χ3n) is 6.85. The zero-order valence-electron chi connectivity index (χ0n) is 19.7. The van der Waals surface area contributed by atoms with Gasteiger partial charge in [-0.25, -0.2) is 14.5 Å². The Kier molecular flexibility index (Phi) is 5.89. The van der Waals surface area contributed by atoms with Crippen LogP contribution in [0.1, 0.15) is 45.4 Å². The predicted molar refractivity (Wildman–Crippen MR) is 123 cm³/mol. The first kappa shape index (κ1) is 23.7. The van der Waals surface area contributed by atoms with E-state index in [0.29, 0.717) is 18.7 Å². The molecule has 2 aliphatic rings. The van der Waals surface area contributed by atoms with Crippen LogP contribution in [0.15, 0.2) is 24.3 Å². The minimum absolute atomic E-state index is 0.0692. The third-order valence-corrected chi connectivity index (χ3v) is 6.85. The zero-order chi connectivity index (χ0) is 24.9. The first-order chi connectivity index (χ1) is 16.0. The van der Waals surface area contributed by atoms with E-state index in [2.05, 4.69) is 10.3 Å². The minimum Gasteiger partial charge on any atom is -0.480 e. The van der Waals surface area contributed by atoms with Crippen LogP contribution in [0, 0.1) is 5.92 Å². The number of carboxylic acid groups (broad SMARTS) is 1. The van der Waals surface area contributed by atoms with Crippen molar-refractivity contribution in [2.75, 3.05) is 6.54 Å². The molecule has 1 aromatic heterocycles. The van der Waals surface area contributed by atoms with E-state index in [-0.39, 0.29) is 12.3 Å². The van der Waals surface area contributed by atoms with Gasteiger partial charge in [-0.3, -0.25) is 9.59 Å². The molecule has 182 valence electrons. The van der Waals surface area contributed by atoms with E-state index in [0.717, 1.165) is 21.4 Å². The van der Waals surface area contributed by atoms with Crippen LogP contribution in [-0.4, -0.2) is 73.5 Å². The van der Waals surface area contributed by atoms with Gasteiger partial charge in [0.05, 0.1) is 11.8 Å². The molecule has 1 saturated heterocycles. The monoisotopic (exact) mass is 470 g/mol. The summed E-state index contributed by atoms with van der Waals surface area (Å²) in [5.41, 5.74) is 1.17. The molecule has 34 heavy (non-hydrogen) atoms. The molecule has 10 heteroatoms. The van der Waals surface area contributed by atoms with Crippen molar-refractivity contribution >= 4 is 34.7 Å². The molecule has 0 bridgehead atoms. The fourth-order valence-electron chi connectivity index (χ4n) is 5.11. The number of nitrogens with one attached hydrogen (secondary N) is 2. The topological polar surface area (TPSA) is 143 Å². The number of benzene rings is 1. The van der Waals surface area contributed by atoms with Gasteiger partial charge in [-0.1, -0.05) is 32.0 Å². The van der Waals surface area contributed by atoms with Crippen molar-refractivity contribution in [3.63, 3.8) is 0 Å². The molecule has 10 nitrogen and oxygen atoms in total. The smallest absolute Gasteiger partial charge is 0.328 e. The zero-order valence-corrected chi connectivity index (χ0v) is 19.7. The van der Waals surface area contributed by atoms with Gasteiger partial charge in [-0.2, -0.15) is 0 Å². The molecule has 1 fully saturated rings. The maximum absolute atomic E-state index is 13.9. The van der Waals surface area contributed by atoms with Gasteiger partial charge in [0.25, 0.3) is 5.91 Å². The summed E-state index contributed by atoms with van der Waals surface area (Å²) in [7, 11) is 0. The number of aliphatic carboxylic acids is 1. The maximum Gasteiger partial charge on any atom is 0.328 e. The molecular formula is C24H30N4O6. The summed E-state index contributed by atoms with van der Waals surface area (Å²) in [5, 5.41) is 22.5. The number of H-pyrrole nitrogens is 1. The summed E-state index contributed by atoms with van der Waals surface area (Å²) in [6, 6.07) is 4.34. The van der Waals surface area contributed by atoms with Crippen molar-refractivity contribution in [3.05, 3.63) is 35.5 Å². The molecule has 4 N–H and O–H groups in total. The highest BCUT2D eigenvalue weighted by Crippen LogP contribution is 2.44. The lowest BCUT2D eigenvalue weighted by atomic mass is 9.86. The van der Waals surface area contributed by atoms with Crippen LogP contribution in [0.2, 0.25) is 0 Å². The Bertz CT molecular complexity index is 1170. The SMILES string of the molecule is CC(C)C[C@@H](C(=O)N[C@H](C(=O)O)C(C)O)N1C(=O)N2CCc3c([nH]c4ccccc34)[C@@]2(C)C1=O. The number of aromatic amines is 1. The molecule has 4 amide bonds. The molecule has 4 atom stereocenters. The highest BCUT2D eigenvalue weighted by Gasteiger charge is 2.60. The van der Waals surface area contributed by atoms with Crippen LogP contribution in [0.4, 0.5) is 4.79 Å². The van der Waals surface area contributed by atoms with Crippen LogP contribution in [0.25, 0.3) is 10.9 Å². The molecule has 0 saturated carbocycles. The number of rotatable bonds is 7. The molecule has 0 aliphatic carbocycles. The average molecular weight is 471 g/mol. The summed E-state index contributed by atoms with van der Waals surface area (Å²) in [6.07, 6.45) is -0.644. The lowest BCUT2D eigenvalue weighted by Gasteiger charge is -2.36. The second kappa shape index (κ2) is 8.43. The molecule has 1 unspecified atom stereocenters. The Labute approximate surface area is 196 Å². The van der Waals surface area contributed by atoms with Crippen LogP contribution in [0.5, 0.6) is 0 Å². The van der Waals surface area contributed by atoms with Gasteiger partial charge in [0.1, 0.15) is 6.04 Å². The summed E-state index contributed by atoms with van der Waals surface area (Å²) >= 11 is 0. The number of nitrogens with zero attached hydrogens (tertiary/aromatic N) is 2. The summed E-state index contributed by atoms with van der Waals surface area (Å²) in [4.78, 5) is 57.9. The number of aromatic nitrogens is 1. The number of carbonyl (C=O) groups is 4. The second-order valence-corrected chi connectivity index (χ2v) is 9.67. The van der Waals surface area contributed by atoms with Gasteiger partial charge in [0, 0.05) is 17.4 Å². The number of amides is 4. The Morgan fingerprint density at radius 2 is 1.88 bits per heavy atom. The normalized spacial score (nSPS) is 22.5. The van der Waals surface area contributed by atoms with E-state index in [1.165, 1.54) is 11.8 Å². The third kappa shape index (κ3) is 3.53. The summed E-state index contributed by atoms with van der Waals surface area (Å²) in [5.74, 6) is -2.79. The van der Waals surface area contributed by atoms with Gasteiger partial charge in [0.2, 0.25) is 5.91 Å². The molecule has 2 aliphatic heterocycles. The van der Waals surface area contributed by atoms with Crippen LogP contribution in [0.3, 0.4) is 0 Å². The van der Waals surface area contributed by atoms with E-state index in [1.807, 2.05) is 38.1 Å². The number of para-hydroxylation sites is 1. The first-order valence-electron chi connectivity index (χ1n) is 11.4. The largest absolute Gasteiger partial charge is 0.480 e.